The van der Waals surface area contributed by atoms with E-state index in [1.54, 1.807) is 18.2 Å². The molecule has 4 heteroatoms. The van der Waals surface area contributed by atoms with Crippen LogP contribution in [0.1, 0.15) is 11.1 Å². The van der Waals surface area contributed by atoms with Gasteiger partial charge in [-0.15, -0.1) is 6.58 Å². The van der Waals surface area contributed by atoms with Gasteiger partial charge in [0.2, 0.25) is 5.91 Å². The van der Waals surface area contributed by atoms with Crippen LogP contribution < -0.4 is 5.32 Å². The van der Waals surface area contributed by atoms with Gasteiger partial charge in [0.25, 0.3) is 0 Å². The Morgan fingerprint density at radius 2 is 2.33 bits per heavy atom. The van der Waals surface area contributed by atoms with Crippen molar-refractivity contribution in [3.05, 3.63) is 42.0 Å². The maximum absolute atomic E-state index is 11.9. The Hall–Kier alpha value is -1.81. The van der Waals surface area contributed by atoms with Gasteiger partial charge in [0.15, 0.2) is 0 Å². The monoisotopic (exact) mass is 246 g/mol. The van der Waals surface area contributed by atoms with Gasteiger partial charge < -0.3 is 15.3 Å². The van der Waals surface area contributed by atoms with Gasteiger partial charge in [-0.05, 0) is 29.7 Å². The normalized spacial score (nSPS) is 14.1. The molecule has 1 aromatic carbocycles. The highest BCUT2D eigenvalue weighted by Gasteiger charge is 2.20. The molecule has 0 unspecified atom stereocenters. The number of rotatable bonds is 4. The second kappa shape index (κ2) is 5.69. The summed E-state index contributed by atoms with van der Waals surface area (Å²) in [7, 11) is 0. The average molecular weight is 246 g/mol. The lowest BCUT2D eigenvalue weighted by atomic mass is 9.99. The van der Waals surface area contributed by atoms with E-state index in [1.165, 1.54) is 5.56 Å². The number of carbonyl (C=O) groups is 1. The minimum atomic E-state index is 0.0887. The van der Waals surface area contributed by atoms with Crippen LogP contribution >= 0.6 is 0 Å². The second-order valence-electron chi connectivity index (χ2n) is 4.44. The summed E-state index contributed by atoms with van der Waals surface area (Å²) in [4.78, 5) is 13.8. The number of fused-ring (bicyclic) bond motifs is 1. The molecular formula is C14H18N2O2. The van der Waals surface area contributed by atoms with Gasteiger partial charge in [-0.25, -0.2) is 0 Å². The molecule has 2 N–H and O–H groups in total. The molecule has 0 bridgehead atoms. The van der Waals surface area contributed by atoms with Crippen LogP contribution in [0.5, 0.6) is 5.75 Å². The van der Waals surface area contributed by atoms with E-state index >= 15 is 0 Å². The van der Waals surface area contributed by atoms with Gasteiger partial charge >= 0.3 is 0 Å². The Morgan fingerprint density at radius 1 is 1.50 bits per heavy atom. The molecule has 0 saturated carbocycles. The lowest BCUT2D eigenvalue weighted by molar-refractivity contribution is -0.131. The van der Waals surface area contributed by atoms with Crippen molar-refractivity contribution in [1.29, 1.82) is 0 Å². The maximum Gasteiger partial charge on any atom is 0.236 e. The standard InChI is InChI=1S/C14H18N2O2/c1-2-6-15-9-14(18)16-7-5-11-3-4-13(17)8-12(11)10-16/h2-4,8,15,17H,1,5-7,9-10H2. The Bertz CT molecular complexity index is 457. The molecule has 0 atom stereocenters. The van der Waals surface area contributed by atoms with Crippen molar-refractivity contribution in [3.63, 3.8) is 0 Å². The summed E-state index contributed by atoms with van der Waals surface area (Å²) in [5.41, 5.74) is 2.26. The van der Waals surface area contributed by atoms with E-state index in [0.717, 1.165) is 18.5 Å². The first-order valence-electron chi connectivity index (χ1n) is 6.11. The van der Waals surface area contributed by atoms with E-state index < -0.39 is 0 Å². The van der Waals surface area contributed by atoms with Gasteiger partial charge in [-0.1, -0.05) is 12.1 Å². The Kier molecular flexibility index (Phi) is 3.99. The number of carbonyl (C=O) groups excluding carboxylic acids is 1. The highest BCUT2D eigenvalue weighted by Crippen LogP contribution is 2.22. The van der Waals surface area contributed by atoms with Crippen molar-refractivity contribution in [3.8, 4) is 5.75 Å². The maximum atomic E-state index is 11.9. The van der Waals surface area contributed by atoms with Gasteiger partial charge in [0.1, 0.15) is 5.75 Å². The third-order valence-corrected chi connectivity index (χ3v) is 3.12. The summed E-state index contributed by atoms with van der Waals surface area (Å²) < 4.78 is 0. The second-order valence-corrected chi connectivity index (χ2v) is 4.44. The van der Waals surface area contributed by atoms with Crippen LogP contribution in [0.4, 0.5) is 0 Å². The topological polar surface area (TPSA) is 52.6 Å². The van der Waals surface area contributed by atoms with Crippen molar-refractivity contribution in [2.24, 2.45) is 0 Å². The van der Waals surface area contributed by atoms with Gasteiger partial charge in [-0.3, -0.25) is 4.79 Å². The zero-order valence-electron chi connectivity index (χ0n) is 10.4. The number of aromatic hydroxyl groups is 1. The number of amides is 1. The molecule has 0 aliphatic carbocycles. The summed E-state index contributed by atoms with van der Waals surface area (Å²) >= 11 is 0. The smallest absolute Gasteiger partial charge is 0.236 e. The predicted molar refractivity (Wildman–Crippen MR) is 70.3 cm³/mol. The van der Waals surface area contributed by atoms with Gasteiger partial charge in [0, 0.05) is 19.6 Å². The van der Waals surface area contributed by atoms with Crippen LogP contribution in [-0.4, -0.2) is 35.5 Å². The Morgan fingerprint density at radius 3 is 3.11 bits per heavy atom. The Balaban J connectivity index is 1.98. The van der Waals surface area contributed by atoms with Crippen molar-refractivity contribution in [1.82, 2.24) is 10.2 Å². The quantitative estimate of drug-likeness (QED) is 0.617. The summed E-state index contributed by atoms with van der Waals surface area (Å²) in [5.74, 6) is 0.346. The number of hydrogen-bond donors (Lipinski definition) is 2. The van der Waals surface area contributed by atoms with Crippen molar-refractivity contribution in [2.75, 3.05) is 19.6 Å². The highest BCUT2D eigenvalue weighted by atomic mass is 16.3. The fourth-order valence-corrected chi connectivity index (χ4v) is 2.15. The van der Waals surface area contributed by atoms with Crippen LogP contribution in [0.2, 0.25) is 0 Å². The first-order valence-corrected chi connectivity index (χ1v) is 6.11. The first kappa shape index (κ1) is 12.6. The lowest BCUT2D eigenvalue weighted by Gasteiger charge is -2.29. The summed E-state index contributed by atoms with van der Waals surface area (Å²) in [6.45, 7) is 5.89. The molecular weight excluding hydrogens is 228 g/mol. The Labute approximate surface area is 107 Å². The molecule has 2 rings (SSSR count). The van der Waals surface area contributed by atoms with Crippen LogP contribution in [0.25, 0.3) is 0 Å². The number of hydrogen-bond acceptors (Lipinski definition) is 3. The van der Waals surface area contributed by atoms with Crippen molar-refractivity contribution >= 4 is 5.91 Å². The van der Waals surface area contributed by atoms with E-state index in [0.29, 0.717) is 19.6 Å². The average Bonchev–Trinajstić information content (AvgIpc) is 2.38. The zero-order chi connectivity index (χ0) is 13.0. The van der Waals surface area contributed by atoms with Crippen LogP contribution in [0.3, 0.4) is 0 Å². The fraction of sp³-hybridized carbons (Fsp3) is 0.357. The molecule has 4 nitrogen and oxygen atoms in total. The van der Waals surface area contributed by atoms with Crippen LogP contribution in [-0.2, 0) is 17.8 Å². The first-order chi connectivity index (χ1) is 8.70. The molecule has 1 amide bonds. The minimum Gasteiger partial charge on any atom is -0.508 e. The third kappa shape index (κ3) is 2.90. The molecule has 0 aromatic heterocycles. The zero-order valence-corrected chi connectivity index (χ0v) is 10.4. The summed E-state index contributed by atoms with van der Waals surface area (Å²) in [6, 6.07) is 5.37. The number of nitrogens with zero attached hydrogens (tertiary/aromatic N) is 1. The van der Waals surface area contributed by atoms with Crippen molar-refractivity contribution in [2.45, 2.75) is 13.0 Å². The van der Waals surface area contributed by atoms with Gasteiger partial charge in [-0.2, -0.15) is 0 Å². The number of phenolic OH excluding ortho intramolecular Hbond substituents is 1. The van der Waals surface area contributed by atoms with E-state index in [1.807, 2.05) is 11.0 Å². The summed E-state index contributed by atoms with van der Waals surface area (Å²) in [5, 5.41) is 12.5. The molecule has 0 spiro atoms. The van der Waals surface area contributed by atoms with Crippen molar-refractivity contribution < 1.29 is 9.90 Å². The molecule has 1 heterocycles. The van der Waals surface area contributed by atoms with E-state index in [9.17, 15) is 9.90 Å². The van der Waals surface area contributed by atoms with E-state index in [4.69, 9.17) is 0 Å². The molecule has 0 saturated heterocycles. The molecule has 0 fully saturated rings. The van der Waals surface area contributed by atoms with E-state index in [-0.39, 0.29) is 11.7 Å². The predicted octanol–water partition coefficient (Wildman–Crippen LogP) is 1.05. The molecule has 0 radical (unpaired) electrons. The van der Waals surface area contributed by atoms with Crippen LogP contribution in [0.15, 0.2) is 30.9 Å². The largest absolute Gasteiger partial charge is 0.508 e. The molecule has 1 aromatic rings. The number of nitrogens with one attached hydrogen (secondary N) is 1. The molecule has 1 aliphatic heterocycles. The van der Waals surface area contributed by atoms with Gasteiger partial charge in [0.05, 0.1) is 6.54 Å². The number of phenols is 1. The molecule has 96 valence electrons. The molecule has 18 heavy (non-hydrogen) atoms. The van der Waals surface area contributed by atoms with E-state index in [2.05, 4.69) is 11.9 Å². The summed E-state index contributed by atoms with van der Waals surface area (Å²) in [6.07, 6.45) is 2.58. The lowest BCUT2D eigenvalue weighted by Crippen LogP contribution is -2.41. The molecule has 1 aliphatic rings. The van der Waals surface area contributed by atoms with Crippen LogP contribution in [0, 0.1) is 0 Å². The number of benzene rings is 1. The third-order valence-electron chi connectivity index (χ3n) is 3.12. The minimum absolute atomic E-state index is 0.0887. The highest BCUT2D eigenvalue weighted by molar-refractivity contribution is 5.78. The fourth-order valence-electron chi connectivity index (χ4n) is 2.15. The SMILES string of the molecule is C=CCNCC(=O)N1CCc2ccc(O)cc2C1.